The standard InChI is InChI=1S/C11H13NS.H3N/c1-3-8-6-5-7-9-11(8)12-10(4-2)13-9;/h5-7H,3-4H2,1-2H3;1H3. The zero-order valence-corrected chi connectivity index (χ0v) is 9.53. The molecule has 0 saturated heterocycles. The number of para-hydroxylation sites is 1. The third-order valence-electron chi connectivity index (χ3n) is 2.23. The molecule has 0 fully saturated rings. The summed E-state index contributed by atoms with van der Waals surface area (Å²) >= 11 is 1.82. The van der Waals surface area contributed by atoms with E-state index in [1.807, 2.05) is 11.3 Å². The summed E-state index contributed by atoms with van der Waals surface area (Å²) in [5, 5.41) is 1.25. The minimum atomic E-state index is 0. The van der Waals surface area contributed by atoms with Crippen LogP contribution in [0, 0.1) is 0 Å². The summed E-state index contributed by atoms with van der Waals surface area (Å²) in [5.41, 5.74) is 2.58. The van der Waals surface area contributed by atoms with E-state index in [2.05, 4.69) is 37.0 Å². The van der Waals surface area contributed by atoms with Crippen LogP contribution in [0.4, 0.5) is 0 Å². The van der Waals surface area contributed by atoms with Crippen molar-refractivity contribution in [3.8, 4) is 0 Å². The molecule has 0 amide bonds. The van der Waals surface area contributed by atoms with Gasteiger partial charge in [0.2, 0.25) is 0 Å². The van der Waals surface area contributed by atoms with Crippen LogP contribution in [0.3, 0.4) is 0 Å². The van der Waals surface area contributed by atoms with Crippen molar-refractivity contribution in [1.29, 1.82) is 0 Å². The van der Waals surface area contributed by atoms with Gasteiger partial charge in [0.15, 0.2) is 0 Å². The molecule has 0 aliphatic carbocycles. The molecule has 1 heterocycles. The highest BCUT2D eigenvalue weighted by molar-refractivity contribution is 7.18. The van der Waals surface area contributed by atoms with Crippen LogP contribution in [0.2, 0.25) is 0 Å². The molecule has 1 aromatic carbocycles. The van der Waals surface area contributed by atoms with Crippen molar-refractivity contribution >= 4 is 21.6 Å². The number of benzene rings is 1. The fourth-order valence-corrected chi connectivity index (χ4v) is 2.44. The first-order chi connectivity index (χ1) is 6.35. The first-order valence-electron chi connectivity index (χ1n) is 4.72. The van der Waals surface area contributed by atoms with Gasteiger partial charge in [-0.05, 0) is 24.5 Å². The second kappa shape index (κ2) is 4.53. The number of rotatable bonds is 2. The van der Waals surface area contributed by atoms with Crippen LogP contribution >= 0.6 is 11.3 Å². The number of nitrogens with zero attached hydrogens (tertiary/aromatic N) is 1. The van der Waals surface area contributed by atoms with Crippen molar-refractivity contribution in [2.75, 3.05) is 0 Å². The van der Waals surface area contributed by atoms with E-state index in [4.69, 9.17) is 0 Å². The number of hydrogen-bond acceptors (Lipinski definition) is 3. The van der Waals surface area contributed by atoms with Crippen LogP contribution in [0.1, 0.15) is 24.4 Å². The van der Waals surface area contributed by atoms with Crippen LogP contribution in [0.25, 0.3) is 10.2 Å². The molecule has 0 unspecified atom stereocenters. The summed E-state index contributed by atoms with van der Waals surface area (Å²) in [6.45, 7) is 4.34. The van der Waals surface area contributed by atoms with E-state index in [0.29, 0.717) is 0 Å². The lowest BCUT2D eigenvalue weighted by molar-refractivity contribution is 1.09. The van der Waals surface area contributed by atoms with Crippen molar-refractivity contribution < 1.29 is 0 Å². The Bertz CT molecular complexity index is 420. The first kappa shape index (κ1) is 11.1. The predicted octanol–water partition coefficient (Wildman–Crippen LogP) is 3.58. The van der Waals surface area contributed by atoms with Gasteiger partial charge in [-0.2, -0.15) is 0 Å². The van der Waals surface area contributed by atoms with Crippen molar-refractivity contribution in [2.24, 2.45) is 0 Å². The number of aryl methyl sites for hydroxylation is 2. The van der Waals surface area contributed by atoms with Gasteiger partial charge in [0, 0.05) is 0 Å². The molecule has 3 N–H and O–H groups in total. The Morgan fingerprint density at radius 3 is 2.64 bits per heavy atom. The minimum absolute atomic E-state index is 0. The molecule has 1 aromatic heterocycles. The molecule has 3 heteroatoms. The molecule has 0 saturated carbocycles. The van der Waals surface area contributed by atoms with Crippen LogP contribution in [-0.2, 0) is 12.8 Å². The van der Waals surface area contributed by atoms with Gasteiger partial charge in [0.25, 0.3) is 0 Å². The van der Waals surface area contributed by atoms with Crippen molar-refractivity contribution in [3.63, 3.8) is 0 Å². The second-order valence-electron chi connectivity index (χ2n) is 3.08. The summed E-state index contributed by atoms with van der Waals surface area (Å²) in [4.78, 5) is 4.62. The molecule has 0 radical (unpaired) electrons. The van der Waals surface area contributed by atoms with Gasteiger partial charge in [-0.1, -0.05) is 26.0 Å². The molecular weight excluding hydrogens is 192 g/mol. The Kier molecular flexibility index (Phi) is 3.61. The normalized spacial score (nSPS) is 10.1. The van der Waals surface area contributed by atoms with Gasteiger partial charge in [0.05, 0.1) is 15.2 Å². The van der Waals surface area contributed by atoms with Crippen molar-refractivity contribution in [2.45, 2.75) is 26.7 Å². The van der Waals surface area contributed by atoms with Crippen LogP contribution in [0.15, 0.2) is 18.2 Å². The Morgan fingerprint density at radius 1 is 1.21 bits per heavy atom. The average molecular weight is 208 g/mol. The summed E-state index contributed by atoms with van der Waals surface area (Å²) in [6, 6.07) is 6.45. The summed E-state index contributed by atoms with van der Waals surface area (Å²) in [7, 11) is 0. The largest absolute Gasteiger partial charge is 0.344 e. The van der Waals surface area contributed by atoms with Crippen LogP contribution in [-0.4, -0.2) is 4.98 Å². The molecule has 2 aromatic rings. The summed E-state index contributed by atoms with van der Waals surface area (Å²) < 4.78 is 1.33. The molecule has 0 aliphatic heterocycles. The highest BCUT2D eigenvalue weighted by Crippen LogP contribution is 2.25. The van der Waals surface area contributed by atoms with Crippen LogP contribution < -0.4 is 6.15 Å². The number of thiazole rings is 1. The van der Waals surface area contributed by atoms with E-state index in [-0.39, 0.29) is 6.15 Å². The second-order valence-corrected chi connectivity index (χ2v) is 4.19. The number of aromatic nitrogens is 1. The van der Waals surface area contributed by atoms with E-state index < -0.39 is 0 Å². The molecule has 14 heavy (non-hydrogen) atoms. The van der Waals surface area contributed by atoms with Gasteiger partial charge >= 0.3 is 0 Å². The molecule has 0 aliphatic rings. The Balaban J connectivity index is 0.000000980. The first-order valence-corrected chi connectivity index (χ1v) is 5.54. The van der Waals surface area contributed by atoms with Crippen molar-refractivity contribution in [1.82, 2.24) is 11.1 Å². The fraction of sp³-hybridized carbons (Fsp3) is 0.364. The Morgan fingerprint density at radius 2 is 2.00 bits per heavy atom. The molecule has 0 spiro atoms. The van der Waals surface area contributed by atoms with E-state index >= 15 is 0 Å². The highest BCUT2D eigenvalue weighted by Gasteiger charge is 2.04. The fourth-order valence-electron chi connectivity index (χ4n) is 1.49. The van der Waals surface area contributed by atoms with Crippen LogP contribution in [0.5, 0.6) is 0 Å². The average Bonchev–Trinajstić information content (AvgIpc) is 2.59. The van der Waals surface area contributed by atoms with Gasteiger partial charge in [-0.15, -0.1) is 11.3 Å². The molecule has 76 valence electrons. The lowest BCUT2D eigenvalue weighted by Gasteiger charge is -1.95. The minimum Gasteiger partial charge on any atom is -0.344 e. The maximum atomic E-state index is 4.62. The summed E-state index contributed by atoms with van der Waals surface area (Å²) in [6.07, 6.45) is 2.12. The van der Waals surface area contributed by atoms with E-state index in [1.54, 1.807) is 0 Å². The zero-order chi connectivity index (χ0) is 9.26. The molecular formula is C11H16N2S. The van der Waals surface area contributed by atoms with Crippen molar-refractivity contribution in [3.05, 3.63) is 28.8 Å². The van der Waals surface area contributed by atoms with Gasteiger partial charge in [-0.3, -0.25) is 0 Å². The Labute approximate surface area is 88.6 Å². The molecule has 2 nitrogen and oxygen atoms in total. The van der Waals surface area contributed by atoms with E-state index in [9.17, 15) is 0 Å². The SMILES string of the molecule is CCc1nc2c(CC)cccc2s1.N. The Hall–Kier alpha value is -0.930. The molecule has 0 bridgehead atoms. The molecule has 0 atom stereocenters. The summed E-state index contributed by atoms with van der Waals surface area (Å²) in [5.74, 6) is 0. The number of fused-ring (bicyclic) bond motifs is 1. The topological polar surface area (TPSA) is 47.9 Å². The zero-order valence-electron chi connectivity index (χ0n) is 8.71. The lowest BCUT2D eigenvalue weighted by Crippen LogP contribution is -1.82. The van der Waals surface area contributed by atoms with E-state index in [1.165, 1.54) is 20.8 Å². The van der Waals surface area contributed by atoms with Gasteiger partial charge < -0.3 is 6.15 Å². The maximum Gasteiger partial charge on any atom is 0.0935 e. The van der Waals surface area contributed by atoms with Gasteiger partial charge in [0.1, 0.15) is 0 Å². The highest BCUT2D eigenvalue weighted by atomic mass is 32.1. The lowest BCUT2D eigenvalue weighted by atomic mass is 10.1. The third-order valence-corrected chi connectivity index (χ3v) is 3.40. The monoisotopic (exact) mass is 208 g/mol. The third kappa shape index (κ3) is 1.79. The quantitative estimate of drug-likeness (QED) is 0.820. The smallest absolute Gasteiger partial charge is 0.0935 e. The van der Waals surface area contributed by atoms with E-state index in [0.717, 1.165) is 12.8 Å². The molecule has 2 rings (SSSR count). The van der Waals surface area contributed by atoms with Gasteiger partial charge in [-0.25, -0.2) is 4.98 Å². The maximum absolute atomic E-state index is 4.62. The predicted molar refractivity (Wildman–Crippen MR) is 63.4 cm³/mol. The number of hydrogen-bond donors (Lipinski definition) is 1.